The quantitative estimate of drug-likeness (QED) is 0.646. The summed E-state index contributed by atoms with van der Waals surface area (Å²) < 4.78 is 0. The molecule has 1 unspecified atom stereocenters. The maximum atomic E-state index is 8.87. The van der Waals surface area contributed by atoms with Gasteiger partial charge >= 0.3 is 0 Å². The van der Waals surface area contributed by atoms with Crippen LogP contribution in [0.5, 0.6) is 0 Å². The van der Waals surface area contributed by atoms with Crippen molar-refractivity contribution in [1.29, 1.82) is 5.26 Å². The summed E-state index contributed by atoms with van der Waals surface area (Å²) in [5, 5.41) is 8.87. The van der Waals surface area contributed by atoms with Crippen molar-refractivity contribution >= 4 is 0 Å². The van der Waals surface area contributed by atoms with Gasteiger partial charge in [-0.2, -0.15) is 5.26 Å². The smallest absolute Gasteiger partial charge is 0.102 e. The zero-order chi connectivity index (χ0) is 12.6. The van der Waals surface area contributed by atoms with E-state index in [4.69, 9.17) is 11.0 Å². The lowest BCUT2D eigenvalue weighted by Gasteiger charge is -2.28. The zero-order valence-corrected chi connectivity index (χ0v) is 11.3. The number of nitriles is 1. The maximum absolute atomic E-state index is 8.87. The molecule has 0 aromatic rings. The van der Waals surface area contributed by atoms with Gasteiger partial charge in [0.15, 0.2) is 0 Å². The van der Waals surface area contributed by atoms with Crippen molar-refractivity contribution in [2.45, 2.75) is 65.0 Å². The molecule has 0 rings (SSSR count). The molecule has 94 valence electrons. The second kappa shape index (κ2) is 7.65. The van der Waals surface area contributed by atoms with Crippen LogP contribution in [0.2, 0.25) is 0 Å². The molecule has 0 aliphatic heterocycles. The van der Waals surface area contributed by atoms with Crippen LogP contribution in [0.1, 0.15) is 53.4 Å². The number of hydrogen-bond acceptors (Lipinski definition) is 3. The Labute approximate surface area is 101 Å². The van der Waals surface area contributed by atoms with E-state index in [1.807, 2.05) is 0 Å². The van der Waals surface area contributed by atoms with Gasteiger partial charge in [0, 0.05) is 12.6 Å². The van der Waals surface area contributed by atoms with Crippen LogP contribution in [0.4, 0.5) is 0 Å². The summed E-state index contributed by atoms with van der Waals surface area (Å²) in [7, 11) is 0. The van der Waals surface area contributed by atoms with E-state index < -0.39 is 5.54 Å². The molecule has 0 amide bonds. The van der Waals surface area contributed by atoms with Crippen LogP contribution in [-0.4, -0.2) is 29.6 Å². The molecule has 3 heteroatoms. The monoisotopic (exact) mass is 225 g/mol. The highest BCUT2D eigenvalue weighted by Crippen LogP contribution is 2.09. The van der Waals surface area contributed by atoms with Gasteiger partial charge in [-0.1, -0.05) is 19.8 Å². The fourth-order valence-electron chi connectivity index (χ4n) is 1.62. The molecule has 0 fully saturated rings. The molecule has 0 aliphatic carbocycles. The van der Waals surface area contributed by atoms with Crippen LogP contribution in [0, 0.1) is 11.3 Å². The van der Waals surface area contributed by atoms with Gasteiger partial charge in [0.2, 0.25) is 0 Å². The summed E-state index contributed by atoms with van der Waals surface area (Å²) in [4.78, 5) is 2.41. The predicted molar refractivity (Wildman–Crippen MR) is 69.1 cm³/mol. The second-order valence-electron chi connectivity index (χ2n) is 5.12. The van der Waals surface area contributed by atoms with Gasteiger partial charge in [-0.15, -0.1) is 0 Å². The summed E-state index contributed by atoms with van der Waals surface area (Å²) >= 11 is 0. The van der Waals surface area contributed by atoms with Crippen molar-refractivity contribution in [1.82, 2.24) is 4.90 Å². The number of rotatable bonds is 8. The summed E-state index contributed by atoms with van der Waals surface area (Å²) in [5.74, 6) is 0. The van der Waals surface area contributed by atoms with Gasteiger partial charge in [-0.25, -0.2) is 0 Å². The third-order valence-corrected chi connectivity index (χ3v) is 2.95. The molecule has 0 saturated carbocycles. The Hall–Kier alpha value is -0.590. The Morgan fingerprint density at radius 1 is 1.31 bits per heavy atom. The minimum Gasteiger partial charge on any atom is -0.314 e. The van der Waals surface area contributed by atoms with Crippen LogP contribution in [-0.2, 0) is 0 Å². The van der Waals surface area contributed by atoms with Crippen molar-refractivity contribution < 1.29 is 0 Å². The Bertz CT molecular complexity index is 216. The van der Waals surface area contributed by atoms with Crippen LogP contribution in [0.25, 0.3) is 0 Å². The zero-order valence-electron chi connectivity index (χ0n) is 11.3. The van der Waals surface area contributed by atoms with Crippen LogP contribution in [0.15, 0.2) is 0 Å². The molecule has 16 heavy (non-hydrogen) atoms. The van der Waals surface area contributed by atoms with Gasteiger partial charge in [0.25, 0.3) is 0 Å². The van der Waals surface area contributed by atoms with Gasteiger partial charge in [-0.3, -0.25) is 0 Å². The number of nitrogens with zero attached hydrogens (tertiary/aromatic N) is 2. The number of nitrogens with two attached hydrogens (primary N) is 1. The minimum absolute atomic E-state index is 0.534. The van der Waals surface area contributed by atoms with Gasteiger partial charge in [0.1, 0.15) is 5.54 Å². The average Bonchev–Trinajstić information content (AvgIpc) is 2.22. The third kappa shape index (κ3) is 6.81. The minimum atomic E-state index is -0.683. The molecule has 0 aliphatic rings. The molecular weight excluding hydrogens is 198 g/mol. The van der Waals surface area contributed by atoms with Crippen LogP contribution >= 0.6 is 0 Å². The molecule has 1 atom stereocenters. The predicted octanol–water partition coefficient (Wildman–Crippen LogP) is 2.52. The van der Waals surface area contributed by atoms with Gasteiger partial charge in [0.05, 0.1) is 6.07 Å². The molecule has 2 N–H and O–H groups in total. The summed E-state index contributed by atoms with van der Waals surface area (Å²) in [6.07, 6.45) is 4.51. The molecule has 0 aromatic heterocycles. The molecule has 0 heterocycles. The standard InChI is InChI=1S/C13H27N3/c1-5-6-7-9-16(12(2)3)10-8-13(4,15)11-14/h12H,5-10,15H2,1-4H3. The van der Waals surface area contributed by atoms with E-state index >= 15 is 0 Å². The lowest BCUT2D eigenvalue weighted by molar-refractivity contribution is 0.204. The van der Waals surface area contributed by atoms with Gasteiger partial charge < -0.3 is 10.6 Å². The first-order chi connectivity index (χ1) is 7.43. The average molecular weight is 225 g/mol. The van der Waals surface area contributed by atoms with E-state index in [2.05, 4.69) is 31.7 Å². The first-order valence-corrected chi connectivity index (χ1v) is 6.37. The fraction of sp³-hybridized carbons (Fsp3) is 0.923. The van der Waals surface area contributed by atoms with E-state index in [9.17, 15) is 0 Å². The van der Waals surface area contributed by atoms with E-state index in [1.54, 1.807) is 6.92 Å². The Morgan fingerprint density at radius 2 is 1.94 bits per heavy atom. The largest absolute Gasteiger partial charge is 0.314 e. The highest BCUT2D eigenvalue weighted by Gasteiger charge is 2.19. The van der Waals surface area contributed by atoms with Crippen molar-refractivity contribution in [3.63, 3.8) is 0 Å². The fourth-order valence-corrected chi connectivity index (χ4v) is 1.62. The Kier molecular flexibility index (Phi) is 7.36. The van der Waals surface area contributed by atoms with Crippen LogP contribution < -0.4 is 5.73 Å². The Balaban J connectivity index is 4.00. The van der Waals surface area contributed by atoms with Crippen molar-refractivity contribution in [3.05, 3.63) is 0 Å². The first-order valence-electron chi connectivity index (χ1n) is 6.37. The van der Waals surface area contributed by atoms with E-state index in [1.165, 1.54) is 19.3 Å². The van der Waals surface area contributed by atoms with Crippen molar-refractivity contribution in [3.8, 4) is 6.07 Å². The topological polar surface area (TPSA) is 53.0 Å². The van der Waals surface area contributed by atoms with Crippen molar-refractivity contribution in [2.75, 3.05) is 13.1 Å². The Morgan fingerprint density at radius 3 is 2.38 bits per heavy atom. The highest BCUT2D eigenvalue weighted by atomic mass is 15.1. The molecule has 0 bridgehead atoms. The number of hydrogen-bond donors (Lipinski definition) is 1. The molecule has 3 nitrogen and oxygen atoms in total. The molecule has 0 aromatic carbocycles. The number of unbranched alkanes of at least 4 members (excludes halogenated alkanes) is 2. The van der Waals surface area contributed by atoms with E-state index in [0.717, 1.165) is 19.5 Å². The lowest BCUT2D eigenvalue weighted by atomic mass is 10.0. The summed E-state index contributed by atoms with van der Waals surface area (Å²) in [6, 6.07) is 2.69. The molecule has 0 radical (unpaired) electrons. The maximum Gasteiger partial charge on any atom is 0.102 e. The lowest BCUT2D eigenvalue weighted by Crippen LogP contribution is -2.41. The van der Waals surface area contributed by atoms with Gasteiger partial charge in [-0.05, 0) is 40.2 Å². The third-order valence-electron chi connectivity index (χ3n) is 2.95. The van der Waals surface area contributed by atoms with Crippen molar-refractivity contribution in [2.24, 2.45) is 5.73 Å². The summed E-state index contributed by atoms with van der Waals surface area (Å²) in [5.41, 5.74) is 5.15. The van der Waals surface area contributed by atoms with E-state index in [0.29, 0.717) is 6.04 Å². The first kappa shape index (κ1) is 15.4. The SMILES string of the molecule is CCCCCN(CCC(C)(N)C#N)C(C)C. The van der Waals surface area contributed by atoms with E-state index in [-0.39, 0.29) is 0 Å². The molecule has 0 saturated heterocycles. The molecule has 0 spiro atoms. The molecular formula is C13H27N3. The summed E-state index contributed by atoms with van der Waals surface area (Å²) in [6.45, 7) is 10.5. The second-order valence-corrected chi connectivity index (χ2v) is 5.12. The normalized spacial score (nSPS) is 15.1. The highest BCUT2D eigenvalue weighted by molar-refractivity contribution is 5.01. The van der Waals surface area contributed by atoms with Crippen LogP contribution in [0.3, 0.4) is 0 Å².